The molecule has 1 aliphatic heterocycles. The topological polar surface area (TPSA) is 78.9 Å². The number of nitrogens with zero attached hydrogens (tertiary/aromatic N) is 1. The first kappa shape index (κ1) is 14.9. The normalized spacial score (nSPS) is 18.0. The van der Waals surface area contributed by atoms with E-state index in [1.54, 1.807) is 6.08 Å². The molecular formula is C15H18N2O4. The molecule has 1 amide bonds. The Labute approximate surface area is 123 Å². The van der Waals surface area contributed by atoms with Gasteiger partial charge in [-0.2, -0.15) is 0 Å². The van der Waals surface area contributed by atoms with E-state index in [1.807, 2.05) is 24.3 Å². The molecule has 2 rings (SSSR count). The lowest BCUT2D eigenvalue weighted by Gasteiger charge is -2.19. The molecule has 0 saturated carbocycles. The number of ether oxygens (including phenoxy) is 1. The maximum Gasteiger partial charge on any atom is 0.407 e. The predicted octanol–water partition coefficient (Wildman–Crippen LogP) is 1.72. The fourth-order valence-corrected chi connectivity index (χ4v) is 2.30. The van der Waals surface area contributed by atoms with Crippen LogP contribution in [0.15, 0.2) is 30.3 Å². The Morgan fingerprint density at radius 1 is 1.38 bits per heavy atom. The van der Waals surface area contributed by atoms with Crippen molar-refractivity contribution in [3.05, 3.63) is 35.9 Å². The minimum absolute atomic E-state index is 0.0871. The number of anilines is 1. The second-order valence-corrected chi connectivity index (χ2v) is 4.83. The van der Waals surface area contributed by atoms with E-state index < -0.39 is 12.1 Å². The lowest BCUT2D eigenvalue weighted by molar-refractivity contribution is -0.131. The molecule has 0 spiro atoms. The molecule has 0 bridgehead atoms. The number of benzene rings is 1. The highest BCUT2D eigenvalue weighted by molar-refractivity contribution is 5.85. The van der Waals surface area contributed by atoms with E-state index in [0.717, 1.165) is 36.8 Å². The van der Waals surface area contributed by atoms with Gasteiger partial charge in [0, 0.05) is 24.9 Å². The van der Waals surface area contributed by atoms with Gasteiger partial charge in [0.25, 0.3) is 0 Å². The first-order chi connectivity index (χ1) is 10.1. The average molecular weight is 290 g/mol. The van der Waals surface area contributed by atoms with Crippen LogP contribution in [0.3, 0.4) is 0 Å². The van der Waals surface area contributed by atoms with Gasteiger partial charge in [0.15, 0.2) is 0 Å². The molecule has 21 heavy (non-hydrogen) atoms. The molecule has 0 aliphatic carbocycles. The van der Waals surface area contributed by atoms with Crippen molar-refractivity contribution in [2.45, 2.75) is 12.5 Å². The van der Waals surface area contributed by atoms with Crippen molar-refractivity contribution in [2.75, 3.05) is 25.1 Å². The number of aliphatic carboxylic acids is 1. The first-order valence-corrected chi connectivity index (χ1v) is 6.69. The predicted molar refractivity (Wildman–Crippen MR) is 79.3 cm³/mol. The fourth-order valence-electron chi connectivity index (χ4n) is 2.30. The number of amides is 1. The first-order valence-electron chi connectivity index (χ1n) is 6.69. The lowest BCUT2D eigenvalue weighted by Crippen LogP contribution is -2.36. The molecule has 112 valence electrons. The second kappa shape index (κ2) is 6.78. The minimum Gasteiger partial charge on any atom is -0.478 e. The Bertz CT molecular complexity index is 539. The van der Waals surface area contributed by atoms with Gasteiger partial charge in [0.1, 0.15) is 0 Å². The quantitative estimate of drug-likeness (QED) is 0.825. The van der Waals surface area contributed by atoms with Crippen molar-refractivity contribution in [3.63, 3.8) is 0 Å². The summed E-state index contributed by atoms with van der Waals surface area (Å²) in [7, 11) is 1.35. The fraction of sp³-hybridized carbons (Fsp3) is 0.333. The average Bonchev–Trinajstić information content (AvgIpc) is 2.94. The number of methoxy groups -OCH3 is 1. The van der Waals surface area contributed by atoms with Gasteiger partial charge < -0.3 is 20.1 Å². The van der Waals surface area contributed by atoms with Crippen LogP contribution in [-0.2, 0) is 9.53 Å². The largest absolute Gasteiger partial charge is 0.478 e. The van der Waals surface area contributed by atoms with Crippen LogP contribution in [0.1, 0.15) is 12.0 Å². The number of hydrogen-bond donors (Lipinski definition) is 2. The zero-order valence-corrected chi connectivity index (χ0v) is 11.8. The monoisotopic (exact) mass is 290 g/mol. The maximum atomic E-state index is 11.2. The molecule has 1 aromatic rings. The van der Waals surface area contributed by atoms with Gasteiger partial charge in [0.05, 0.1) is 13.2 Å². The van der Waals surface area contributed by atoms with Crippen molar-refractivity contribution in [3.8, 4) is 0 Å². The zero-order chi connectivity index (χ0) is 15.2. The summed E-state index contributed by atoms with van der Waals surface area (Å²) in [6.45, 7) is 1.60. The van der Waals surface area contributed by atoms with Crippen molar-refractivity contribution < 1.29 is 19.4 Å². The molecule has 1 fully saturated rings. The van der Waals surface area contributed by atoms with Crippen molar-refractivity contribution in [1.29, 1.82) is 0 Å². The van der Waals surface area contributed by atoms with Crippen LogP contribution in [0.5, 0.6) is 0 Å². The van der Waals surface area contributed by atoms with Crippen LogP contribution < -0.4 is 10.2 Å². The summed E-state index contributed by atoms with van der Waals surface area (Å²) in [4.78, 5) is 23.8. The summed E-state index contributed by atoms with van der Waals surface area (Å²) in [6, 6.07) is 7.72. The number of carbonyl (C=O) groups is 2. The second-order valence-electron chi connectivity index (χ2n) is 4.83. The molecule has 1 heterocycles. The number of rotatable bonds is 4. The zero-order valence-electron chi connectivity index (χ0n) is 11.8. The van der Waals surface area contributed by atoms with Gasteiger partial charge in [-0.05, 0) is 30.2 Å². The smallest absolute Gasteiger partial charge is 0.407 e. The molecular weight excluding hydrogens is 272 g/mol. The van der Waals surface area contributed by atoms with Gasteiger partial charge in [-0.1, -0.05) is 12.1 Å². The SMILES string of the molecule is COC(=O)NC1CCN(c2ccc(/C=C/C(=O)O)cc2)C1. The number of carboxylic acid groups (broad SMARTS) is 1. The van der Waals surface area contributed by atoms with E-state index in [1.165, 1.54) is 7.11 Å². The molecule has 2 N–H and O–H groups in total. The van der Waals surface area contributed by atoms with Crippen LogP contribution in [0.4, 0.5) is 10.5 Å². The van der Waals surface area contributed by atoms with Gasteiger partial charge in [0.2, 0.25) is 0 Å². The number of carbonyl (C=O) groups excluding carboxylic acids is 1. The molecule has 1 saturated heterocycles. The molecule has 0 radical (unpaired) electrons. The Kier molecular flexibility index (Phi) is 4.81. The highest BCUT2D eigenvalue weighted by Gasteiger charge is 2.24. The van der Waals surface area contributed by atoms with Crippen LogP contribution in [0.25, 0.3) is 6.08 Å². The summed E-state index contributed by atoms with van der Waals surface area (Å²) in [5.74, 6) is -0.963. The summed E-state index contributed by atoms with van der Waals surface area (Å²) >= 11 is 0. The maximum absolute atomic E-state index is 11.2. The standard InChI is InChI=1S/C15H18N2O4/c1-21-15(20)16-12-8-9-17(10-12)13-5-2-11(3-6-13)4-7-14(18)19/h2-7,12H,8-10H2,1H3,(H,16,20)(H,18,19)/b7-4+. The Balaban J connectivity index is 1.94. The Morgan fingerprint density at radius 3 is 2.71 bits per heavy atom. The van der Waals surface area contributed by atoms with E-state index >= 15 is 0 Å². The molecule has 1 atom stereocenters. The van der Waals surface area contributed by atoms with E-state index in [0.29, 0.717) is 0 Å². The number of alkyl carbamates (subject to hydrolysis) is 1. The Morgan fingerprint density at radius 2 is 2.10 bits per heavy atom. The Hall–Kier alpha value is -2.50. The van der Waals surface area contributed by atoms with Crippen LogP contribution >= 0.6 is 0 Å². The number of carboxylic acids is 1. The third-order valence-electron chi connectivity index (χ3n) is 3.37. The summed E-state index contributed by atoms with van der Waals surface area (Å²) in [5.41, 5.74) is 1.89. The highest BCUT2D eigenvalue weighted by Crippen LogP contribution is 2.21. The van der Waals surface area contributed by atoms with Crippen LogP contribution in [0.2, 0.25) is 0 Å². The molecule has 0 aromatic heterocycles. The van der Waals surface area contributed by atoms with E-state index in [-0.39, 0.29) is 6.04 Å². The molecule has 6 heteroatoms. The van der Waals surface area contributed by atoms with Crippen molar-refractivity contribution >= 4 is 23.8 Å². The third-order valence-corrected chi connectivity index (χ3v) is 3.37. The van der Waals surface area contributed by atoms with E-state index in [4.69, 9.17) is 5.11 Å². The molecule has 1 aliphatic rings. The molecule has 1 unspecified atom stereocenters. The summed E-state index contributed by atoms with van der Waals surface area (Å²) < 4.78 is 4.59. The van der Waals surface area contributed by atoms with Crippen LogP contribution in [0, 0.1) is 0 Å². The number of hydrogen-bond acceptors (Lipinski definition) is 4. The highest BCUT2D eigenvalue weighted by atomic mass is 16.5. The molecule has 6 nitrogen and oxygen atoms in total. The summed E-state index contributed by atoms with van der Waals surface area (Å²) in [5, 5.41) is 11.4. The third kappa shape index (κ3) is 4.24. The van der Waals surface area contributed by atoms with Crippen LogP contribution in [-0.4, -0.2) is 43.4 Å². The van der Waals surface area contributed by atoms with Gasteiger partial charge >= 0.3 is 12.1 Å². The lowest BCUT2D eigenvalue weighted by atomic mass is 10.2. The van der Waals surface area contributed by atoms with Gasteiger partial charge in [-0.3, -0.25) is 0 Å². The van der Waals surface area contributed by atoms with E-state index in [9.17, 15) is 9.59 Å². The van der Waals surface area contributed by atoms with Crippen molar-refractivity contribution in [2.24, 2.45) is 0 Å². The van der Waals surface area contributed by atoms with Gasteiger partial charge in [-0.25, -0.2) is 9.59 Å². The van der Waals surface area contributed by atoms with E-state index in [2.05, 4.69) is 15.0 Å². The van der Waals surface area contributed by atoms with Crippen molar-refractivity contribution in [1.82, 2.24) is 5.32 Å². The molecule has 1 aromatic carbocycles. The summed E-state index contributed by atoms with van der Waals surface area (Å²) in [6.07, 6.45) is 3.13. The minimum atomic E-state index is -0.963. The van der Waals surface area contributed by atoms with Gasteiger partial charge in [-0.15, -0.1) is 0 Å². The number of nitrogens with one attached hydrogen (secondary N) is 1.